The SMILES string of the molecule is NC(CCC(=O)O)CC(=O)c1ccccc1. The molecule has 0 aliphatic heterocycles. The molecule has 4 nitrogen and oxygen atoms in total. The van der Waals surface area contributed by atoms with Crippen LogP contribution >= 0.6 is 0 Å². The molecule has 0 saturated heterocycles. The Kier molecular flexibility index (Phi) is 4.66. The van der Waals surface area contributed by atoms with Crippen molar-refractivity contribution in [3.8, 4) is 0 Å². The van der Waals surface area contributed by atoms with Gasteiger partial charge in [-0.2, -0.15) is 0 Å². The first-order valence-corrected chi connectivity index (χ1v) is 5.15. The zero-order chi connectivity index (χ0) is 12.0. The van der Waals surface area contributed by atoms with Crippen LogP contribution in [-0.4, -0.2) is 22.9 Å². The lowest BCUT2D eigenvalue weighted by Gasteiger charge is -2.08. The highest BCUT2D eigenvalue weighted by Crippen LogP contribution is 2.07. The fourth-order valence-corrected chi connectivity index (χ4v) is 1.39. The molecular weight excluding hydrogens is 206 g/mol. The quantitative estimate of drug-likeness (QED) is 0.712. The van der Waals surface area contributed by atoms with E-state index in [1.807, 2.05) is 6.07 Å². The van der Waals surface area contributed by atoms with E-state index in [-0.39, 0.29) is 24.7 Å². The largest absolute Gasteiger partial charge is 0.481 e. The number of Topliss-reactive ketones (excluding diaryl/α,β-unsaturated/α-hetero) is 1. The van der Waals surface area contributed by atoms with Gasteiger partial charge in [-0.25, -0.2) is 0 Å². The third kappa shape index (κ3) is 4.23. The number of rotatable bonds is 6. The lowest BCUT2D eigenvalue weighted by molar-refractivity contribution is -0.137. The molecule has 0 bridgehead atoms. The van der Waals surface area contributed by atoms with Crippen molar-refractivity contribution >= 4 is 11.8 Å². The number of carboxylic acids is 1. The summed E-state index contributed by atoms with van der Waals surface area (Å²) in [5.74, 6) is -0.930. The molecule has 1 aromatic rings. The molecule has 0 heterocycles. The van der Waals surface area contributed by atoms with Gasteiger partial charge < -0.3 is 10.8 Å². The van der Waals surface area contributed by atoms with Crippen LogP contribution in [0.25, 0.3) is 0 Å². The van der Waals surface area contributed by atoms with Crippen molar-refractivity contribution in [2.75, 3.05) is 0 Å². The maximum atomic E-state index is 11.7. The Labute approximate surface area is 94.1 Å². The highest BCUT2D eigenvalue weighted by molar-refractivity contribution is 5.96. The van der Waals surface area contributed by atoms with Crippen LogP contribution in [0.2, 0.25) is 0 Å². The van der Waals surface area contributed by atoms with Crippen molar-refractivity contribution in [1.29, 1.82) is 0 Å². The average Bonchev–Trinajstić information content (AvgIpc) is 2.27. The number of aliphatic carboxylic acids is 1. The lowest BCUT2D eigenvalue weighted by atomic mass is 10.0. The lowest BCUT2D eigenvalue weighted by Crippen LogP contribution is -2.24. The van der Waals surface area contributed by atoms with Gasteiger partial charge in [0.15, 0.2) is 5.78 Å². The number of nitrogens with two attached hydrogens (primary N) is 1. The van der Waals surface area contributed by atoms with E-state index in [1.165, 1.54) is 0 Å². The summed E-state index contributed by atoms with van der Waals surface area (Å²) in [6.07, 6.45) is 0.522. The first-order chi connectivity index (χ1) is 7.59. The molecule has 0 aliphatic carbocycles. The number of ketones is 1. The molecule has 1 aromatic carbocycles. The van der Waals surface area contributed by atoms with E-state index >= 15 is 0 Å². The predicted molar refractivity (Wildman–Crippen MR) is 60.2 cm³/mol. The van der Waals surface area contributed by atoms with Crippen LogP contribution in [0.1, 0.15) is 29.6 Å². The van der Waals surface area contributed by atoms with E-state index in [2.05, 4.69) is 0 Å². The molecule has 4 heteroatoms. The van der Waals surface area contributed by atoms with Crippen LogP contribution in [0.3, 0.4) is 0 Å². The van der Waals surface area contributed by atoms with Gasteiger partial charge in [-0.1, -0.05) is 30.3 Å². The van der Waals surface area contributed by atoms with E-state index in [0.717, 1.165) is 0 Å². The standard InChI is InChI=1S/C12H15NO3/c13-10(6-7-12(15)16)8-11(14)9-4-2-1-3-5-9/h1-5,10H,6-8,13H2,(H,15,16). The van der Waals surface area contributed by atoms with Crippen LogP contribution in [0.15, 0.2) is 30.3 Å². The van der Waals surface area contributed by atoms with E-state index in [9.17, 15) is 9.59 Å². The van der Waals surface area contributed by atoms with Crippen LogP contribution in [0.4, 0.5) is 0 Å². The summed E-state index contributed by atoms with van der Waals surface area (Å²) in [6.45, 7) is 0. The third-order valence-electron chi connectivity index (χ3n) is 2.27. The maximum Gasteiger partial charge on any atom is 0.303 e. The van der Waals surface area contributed by atoms with Crippen LogP contribution in [0, 0.1) is 0 Å². The third-order valence-corrected chi connectivity index (χ3v) is 2.27. The molecule has 0 fully saturated rings. The van der Waals surface area contributed by atoms with Crippen molar-refractivity contribution in [3.63, 3.8) is 0 Å². The second-order valence-electron chi connectivity index (χ2n) is 3.69. The molecule has 16 heavy (non-hydrogen) atoms. The van der Waals surface area contributed by atoms with E-state index in [4.69, 9.17) is 10.8 Å². The Hall–Kier alpha value is -1.68. The van der Waals surface area contributed by atoms with Gasteiger partial charge in [0.2, 0.25) is 0 Å². The summed E-state index contributed by atoms with van der Waals surface area (Å²) in [4.78, 5) is 22.0. The summed E-state index contributed by atoms with van der Waals surface area (Å²) in [7, 11) is 0. The van der Waals surface area contributed by atoms with Gasteiger partial charge in [0.05, 0.1) is 0 Å². The van der Waals surface area contributed by atoms with Gasteiger partial charge in [-0.05, 0) is 6.42 Å². The molecular formula is C12H15NO3. The molecule has 1 rings (SSSR count). The van der Waals surface area contributed by atoms with Gasteiger partial charge in [-0.3, -0.25) is 9.59 Å². The number of carbonyl (C=O) groups excluding carboxylic acids is 1. The molecule has 0 radical (unpaired) electrons. The second-order valence-corrected chi connectivity index (χ2v) is 3.69. The van der Waals surface area contributed by atoms with Gasteiger partial charge in [0, 0.05) is 24.4 Å². The van der Waals surface area contributed by atoms with Gasteiger partial charge in [-0.15, -0.1) is 0 Å². The molecule has 86 valence electrons. The van der Waals surface area contributed by atoms with Crippen LogP contribution in [0.5, 0.6) is 0 Å². The minimum absolute atomic E-state index is 0.00321. The predicted octanol–water partition coefficient (Wildman–Crippen LogP) is 1.45. The summed E-state index contributed by atoms with van der Waals surface area (Å²) in [6, 6.07) is 8.48. The molecule has 0 aliphatic rings. The fourth-order valence-electron chi connectivity index (χ4n) is 1.39. The zero-order valence-electron chi connectivity index (χ0n) is 8.93. The Bertz CT molecular complexity index is 362. The normalized spacial score (nSPS) is 12.1. The van der Waals surface area contributed by atoms with E-state index in [1.54, 1.807) is 24.3 Å². The molecule has 3 N–H and O–H groups in total. The Balaban J connectivity index is 2.43. The average molecular weight is 221 g/mol. The topological polar surface area (TPSA) is 80.4 Å². The molecule has 1 atom stereocenters. The number of carbonyl (C=O) groups is 2. The first kappa shape index (κ1) is 12.4. The number of carboxylic acid groups (broad SMARTS) is 1. The second kappa shape index (κ2) is 6.02. The van der Waals surface area contributed by atoms with Crippen LogP contribution in [-0.2, 0) is 4.79 Å². The van der Waals surface area contributed by atoms with Crippen LogP contribution < -0.4 is 5.73 Å². The van der Waals surface area contributed by atoms with Crippen molar-refractivity contribution in [1.82, 2.24) is 0 Å². The summed E-state index contributed by atoms with van der Waals surface area (Å²) in [5, 5.41) is 8.47. The highest BCUT2D eigenvalue weighted by Gasteiger charge is 2.12. The highest BCUT2D eigenvalue weighted by atomic mass is 16.4. The van der Waals surface area contributed by atoms with Crippen molar-refractivity contribution in [2.24, 2.45) is 5.73 Å². The Morgan fingerprint density at radius 3 is 2.44 bits per heavy atom. The molecule has 0 spiro atoms. The summed E-state index contributed by atoms with van der Waals surface area (Å²) < 4.78 is 0. The minimum atomic E-state index is -0.886. The molecule has 0 aromatic heterocycles. The molecule has 0 saturated carbocycles. The first-order valence-electron chi connectivity index (χ1n) is 5.15. The monoisotopic (exact) mass is 221 g/mol. The maximum absolute atomic E-state index is 11.7. The van der Waals surface area contributed by atoms with E-state index < -0.39 is 5.97 Å². The smallest absolute Gasteiger partial charge is 0.303 e. The number of hydrogen-bond acceptors (Lipinski definition) is 3. The Morgan fingerprint density at radius 2 is 1.88 bits per heavy atom. The van der Waals surface area contributed by atoms with E-state index in [0.29, 0.717) is 12.0 Å². The molecule has 0 amide bonds. The fraction of sp³-hybridized carbons (Fsp3) is 0.333. The molecule has 1 unspecified atom stereocenters. The van der Waals surface area contributed by atoms with Gasteiger partial charge in [0.25, 0.3) is 0 Å². The van der Waals surface area contributed by atoms with Gasteiger partial charge in [0.1, 0.15) is 0 Å². The summed E-state index contributed by atoms with van der Waals surface area (Å²) in [5.41, 5.74) is 6.29. The minimum Gasteiger partial charge on any atom is -0.481 e. The van der Waals surface area contributed by atoms with Crippen molar-refractivity contribution in [3.05, 3.63) is 35.9 Å². The zero-order valence-corrected chi connectivity index (χ0v) is 8.93. The van der Waals surface area contributed by atoms with Crippen molar-refractivity contribution < 1.29 is 14.7 Å². The summed E-state index contributed by atoms with van der Waals surface area (Å²) >= 11 is 0. The van der Waals surface area contributed by atoms with Crippen molar-refractivity contribution in [2.45, 2.75) is 25.3 Å². The number of hydrogen-bond donors (Lipinski definition) is 2. The van der Waals surface area contributed by atoms with Gasteiger partial charge >= 0.3 is 5.97 Å². The number of benzene rings is 1. The Morgan fingerprint density at radius 1 is 1.25 bits per heavy atom.